The van der Waals surface area contributed by atoms with Crippen molar-refractivity contribution in [3.05, 3.63) is 30.1 Å². The molecule has 7 heteroatoms. The Labute approximate surface area is 117 Å². The van der Waals surface area contributed by atoms with Gasteiger partial charge in [-0.15, -0.1) is 0 Å². The monoisotopic (exact) mass is 300 g/mol. The lowest BCUT2D eigenvalue weighted by molar-refractivity contribution is -0.116. The fourth-order valence-corrected chi connectivity index (χ4v) is 3.83. The van der Waals surface area contributed by atoms with Crippen LogP contribution in [0.5, 0.6) is 0 Å². The molecule has 1 aliphatic rings. The summed E-state index contributed by atoms with van der Waals surface area (Å²) < 4.78 is 35.8. The van der Waals surface area contributed by atoms with Crippen LogP contribution in [0.4, 0.5) is 10.1 Å². The molecule has 1 fully saturated rings. The van der Waals surface area contributed by atoms with Gasteiger partial charge in [-0.2, -0.15) is 0 Å². The Kier molecular flexibility index (Phi) is 4.72. The second-order valence-corrected chi connectivity index (χ2v) is 7.06. The first-order valence-electron chi connectivity index (χ1n) is 6.44. The molecule has 1 unspecified atom stereocenters. The van der Waals surface area contributed by atoms with Gasteiger partial charge in [-0.05, 0) is 18.6 Å². The Bertz CT molecular complexity index is 589. The van der Waals surface area contributed by atoms with Gasteiger partial charge in [0.05, 0.1) is 17.2 Å². The lowest BCUT2D eigenvalue weighted by Crippen LogP contribution is -2.32. The average molecular weight is 300 g/mol. The van der Waals surface area contributed by atoms with Gasteiger partial charge in [0, 0.05) is 19.0 Å². The zero-order valence-electron chi connectivity index (χ0n) is 10.9. The molecule has 0 aliphatic carbocycles. The molecule has 5 nitrogen and oxygen atoms in total. The number of carbonyl (C=O) groups is 1. The molecule has 0 radical (unpaired) electrons. The molecule has 1 aromatic carbocycles. The highest BCUT2D eigenvalue weighted by Gasteiger charge is 2.27. The number of halogens is 1. The Hall–Kier alpha value is -1.47. The first kappa shape index (κ1) is 14.9. The number of rotatable bonds is 5. The summed E-state index contributed by atoms with van der Waals surface area (Å²) in [6.45, 7) is 0.375. The molecule has 1 heterocycles. The summed E-state index contributed by atoms with van der Waals surface area (Å²) in [6.07, 6.45) is 0.752. The number of amides is 1. The fourth-order valence-electron chi connectivity index (χ4n) is 2.12. The van der Waals surface area contributed by atoms with Crippen molar-refractivity contribution in [1.82, 2.24) is 5.32 Å². The normalized spacial score (nSPS) is 20.8. The van der Waals surface area contributed by atoms with Crippen LogP contribution in [0.2, 0.25) is 0 Å². The minimum atomic E-state index is -2.91. The van der Waals surface area contributed by atoms with E-state index in [-0.39, 0.29) is 35.6 Å². The van der Waals surface area contributed by atoms with E-state index in [0.717, 1.165) is 0 Å². The topological polar surface area (TPSA) is 75.3 Å². The maximum absolute atomic E-state index is 13.3. The summed E-state index contributed by atoms with van der Waals surface area (Å²) in [5.41, 5.74) is 0.154. The molecular formula is C13H17FN2O3S. The third-order valence-corrected chi connectivity index (χ3v) is 4.93. The number of sulfone groups is 1. The molecule has 1 atom stereocenters. The summed E-state index contributed by atoms with van der Waals surface area (Å²) in [5, 5.41) is 5.51. The molecule has 0 spiro atoms. The van der Waals surface area contributed by atoms with Gasteiger partial charge >= 0.3 is 0 Å². The van der Waals surface area contributed by atoms with E-state index in [9.17, 15) is 17.6 Å². The van der Waals surface area contributed by atoms with Crippen molar-refractivity contribution in [1.29, 1.82) is 0 Å². The van der Waals surface area contributed by atoms with Crippen LogP contribution < -0.4 is 10.6 Å². The van der Waals surface area contributed by atoms with Gasteiger partial charge in [-0.3, -0.25) is 4.79 Å². The SMILES string of the molecule is O=C(CCNC1CCS(=O)(=O)C1)Nc1ccccc1F. The van der Waals surface area contributed by atoms with Gasteiger partial charge in [0.1, 0.15) is 5.82 Å². The summed E-state index contributed by atoms with van der Waals surface area (Å²) >= 11 is 0. The summed E-state index contributed by atoms with van der Waals surface area (Å²) in [6, 6.07) is 5.87. The van der Waals surface area contributed by atoms with Gasteiger partial charge in [-0.25, -0.2) is 12.8 Å². The number of hydrogen-bond acceptors (Lipinski definition) is 4. The van der Waals surface area contributed by atoms with E-state index in [1.165, 1.54) is 12.1 Å². The number of benzene rings is 1. The highest BCUT2D eigenvalue weighted by molar-refractivity contribution is 7.91. The minimum Gasteiger partial charge on any atom is -0.324 e. The van der Waals surface area contributed by atoms with Gasteiger partial charge in [0.15, 0.2) is 9.84 Å². The molecule has 2 rings (SSSR count). The van der Waals surface area contributed by atoms with E-state index >= 15 is 0 Å². The Morgan fingerprint density at radius 2 is 2.10 bits per heavy atom. The van der Waals surface area contributed by atoms with E-state index in [1.54, 1.807) is 12.1 Å². The van der Waals surface area contributed by atoms with E-state index in [4.69, 9.17) is 0 Å². The molecule has 20 heavy (non-hydrogen) atoms. The quantitative estimate of drug-likeness (QED) is 0.848. The molecule has 1 amide bonds. The molecular weight excluding hydrogens is 283 g/mol. The first-order valence-corrected chi connectivity index (χ1v) is 8.26. The largest absolute Gasteiger partial charge is 0.324 e. The Morgan fingerprint density at radius 3 is 2.75 bits per heavy atom. The zero-order valence-corrected chi connectivity index (χ0v) is 11.7. The van der Waals surface area contributed by atoms with Crippen LogP contribution in [0, 0.1) is 5.82 Å². The highest BCUT2D eigenvalue weighted by Crippen LogP contribution is 2.13. The smallest absolute Gasteiger partial charge is 0.225 e. The van der Waals surface area contributed by atoms with Gasteiger partial charge < -0.3 is 10.6 Å². The number of hydrogen-bond donors (Lipinski definition) is 2. The van der Waals surface area contributed by atoms with Crippen LogP contribution in [-0.2, 0) is 14.6 Å². The van der Waals surface area contributed by atoms with Crippen molar-refractivity contribution in [2.24, 2.45) is 0 Å². The van der Waals surface area contributed by atoms with E-state index in [2.05, 4.69) is 10.6 Å². The number of carbonyl (C=O) groups excluding carboxylic acids is 1. The number of anilines is 1. The maximum atomic E-state index is 13.3. The Balaban J connectivity index is 1.72. The average Bonchev–Trinajstić information content (AvgIpc) is 2.72. The number of para-hydroxylation sites is 1. The van der Waals surface area contributed by atoms with E-state index in [1.807, 2.05) is 0 Å². The van der Waals surface area contributed by atoms with Crippen molar-refractivity contribution in [2.75, 3.05) is 23.4 Å². The van der Waals surface area contributed by atoms with Crippen molar-refractivity contribution < 1.29 is 17.6 Å². The van der Waals surface area contributed by atoms with Crippen LogP contribution in [0.1, 0.15) is 12.8 Å². The summed E-state index contributed by atoms with van der Waals surface area (Å²) in [7, 11) is -2.91. The molecule has 1 aromatic rings. The van der Waals surface area contributed by atoms with Crippen molar-refractivity contribution in [3.8, 4) is 0 Å². The second-order valence-electron chi connectivity index (χ2n) is 4.83. The van der Waals surface area contributed by atoms with Crippen LogP contribution in [0.25, 0.3) is 0 Å². The molecule has 0 aromatic heterocycles. The predicted molar refractivity (Wildman–Crippen MR) is 74.7 cm³/mol. The second kappa shape index (κ2) is 6.32. The van der Waals surface area contributed by atoms with Crippen molar-refractivity contribution >= 4 is 21.4 Å². The molecule has 0 bridgehead atoms. The lowest BCUT2D eigenvalue weighted by Gasteiger charge is -2.10. The van der Waals surface area contributed by atoms with Gasteiger partial charge in [0.2, 0.25) is 5.91 Å². The maximum Gasteiger partial charge on any atom is 0.225 e. The van der Waals surface area contributed by atoms with Crippen molar-refractivity contribution in [3.63, 3.8) is 0 Å². The summed E-state index contributed by atoms with van der Waals surface area (Å²) in [5.74, 6) is -0.451. The van der Waals surface area contributed by atoms with Gasteiger partial charge in [-0.1, -0.05) is 12.1 Å². The van der Waals surface area contributed by atoms with E-state index in [0.29, 0.717) is 13.0 Å². The Morgan fingerprint density at radius 1 is 1.35 bits per heavy atom. The lowest BCUT2D eigenvalue weighted by atomic mass is 10.2. The molecule has 1 saturated heterocycles. The van der Waals surface area contributed by atoms with Crippen LogP contribution >= 0.6 is 0 Å². The fraction of sp³-hybridized carbons (Fsp3) is 0.462. The first-order chi connectivity index (χ1) is 9.46. The third-order valence-electron chi connectivity index (χ3n) is 3.17. The predicted octanol–water partition coefficient (Wildman–Crippen LogP) is 0.931. The van der Waals surface area contributed by atoms with Crippen LogP contribution in [0.15, 0.2) is 24.3 Å². The minimum absolute atomic E-state index is 0.0822. The van der Waals surface area contributed by atoms with Gasteiger partial charge in [0.25, 0.3) is 0 Å². The zero-order chi connectivity index (χ0) is 14.6. The molecule has 110 valence electrons. The van der Waals surface area contributed by atoms with Crippen LogP contribution in [-0.4, -0.2) is 38.4 Å². The van der Waals surface area contributed by atoms with Crippen LogP contribution in [0.3, 0.4) is 0 Å². The van der Waals surface area contributed by atoms with E-state index < -0.39 is 15.7 Å². The third kappa shape index (κ3) is 4.28. The van der Waals surface area contributed by atoms with Crippen molar-refractivity contribution in [2.45, 2.75) is 18.9 Å². The molecule has 0 saturated carbocycles. The molecule has 2 N–H and O–H groups in total. The highest BCUT2D eigenvalue weighted by atomic mass is 32.2. The standard InChI is InChI=1S/C13H17FN2O3S/c14-11-3-1-2-4-12(11)16-13(17)5-7-15-10-6-8-20(18,19)9-10/h1-4,10,15H,5-9H2,(H,16,17). The number of nitrogens with one attached hydrogen (secondary N) is 2. The summed E-state index contributed by atoms with van der Waals surface area (Å²) in [4.78, 5) is 11.6. The molecule has 1 aliphatic heterocycles.